The number of unbranched alkanes of at least 4 members (excludes halogenated alkanes) is 3. The lowest BCUT2D eigenvalue weighted by Gasteiger charge is -2.13. The standard InChI is InChI=1S/C14H16Br2F3NO/c15-7-3-1-2-4-8-20-13(21)11-6-5-10(16)9-12(11)14(17,18)19/h5-6,9H,1-4,7-8H2,(H,20,21). The van der Waals surface area contributed by atoms with Gasteiger partial charge in [-0.3, -0.25) is 4.79 Å². The molecular weight excluding hydrogens is 415 g/mol. The Balaban J connectivity index is 2.62. The molecule has 0 spiro atoms. The van der Waals surface area contributed by atoms with Gasteiger partial charge in [0, 0.05) is 16.3 Å². The van der Waals surface area contributed by atoms with Crippen molar-refractivity contribution in [3.05, 3.63) is 33.8 Å². The summed E-state index contributed by atoms with van der Waals surface area (Å²) >= 11 is 6.31. The van der Waals surface area contributed by atoms with E-state index in [1.165, 1.54) is 12.1 Å². The quantitative estimate of drug-likeness (QED) is 0.470. The summed E-state index contributed by atoms with van der Waals surface area (Å²) in [5.74, 6) is -0.685. The van der Waals surface area contributed by atoms with Crippen molar-refractivity contribution in [2.24, 2.45) is 0 Å². The van der Waals surface area contributed by atoms with Gasteiger partial charge in [-0.2, -0.15) is 13.2 Å². The number of amides is 1. The van der Waals surface area contributed by atoms with Crippen LogP contribution in [0.5, 0.6) is 0 Å². The maximum atomic E-state index is 12.9. The van der Waals surface area contributed by atoms with Crippen molar-refractivity contribution in [3.8, 4) is 0 Å². The van der Waals surface area contributed by atoms with Gasteiger partial charge in [-0.05, 0) is 31.0 Å². The third kappa shape index (κ3) is 6.38. The van der Waals surface area contributed by atoms with Crippen LogP contribution < -0.4 is 5.32 Å². The van der Waals surface area contributed by atoms with E-state index in [2.05, 4.69) is 37.2 Å². The van der Waals surface area contributed by atoms with Crippen LogP contribution in [0.3, 0.4) is 0 Å². The molecule has 0 bridgehead atoms. The predicted octanol–water partition coefficient (Wildman–Crippen LogP) is 5.15. The summed E-state index contributed by atoms with van der Waals surface area (Å²) in [5.41, 5.74) is -1.26. The molecule has 2 nitrogen and oxygen atoms in total. The highest BCUT2D eigenvalue weighted by Crippen LogP contribution is 2.33. The maximum absolute atomic E-state index is 12.9. The Kier molecular flexibility index (Phi) is 7.73. The lowest BCUT2D eigenvalue weighted by atomic mass is 10.1. The van der Waals surface area contributed by atoms with E-state index in [9.17, 15) is 18.0 Å². The second kappa shape index (κ2) is 8.78. The van der Waals surface area contributed by atoms with Crippen molar-refractivity contribution in [2.75, 3.05) is 11.9 Å². The van der Waals surface area contributed by atoms with E-state index in [1.807, 2.05) is 0 Å². The SMILES string of the molecule is O=C(NCCCCCCBr)c1ccc(Br)cc1C(F)(F)F. The van der Waals surface area contributed by atoms with Crippen LogP contribution in [-0.2, 0) is 6.18 Å². The van der Waals surface area contributed by atoms with Crippen LogP contribution in [0.25, 0.3) is 0 Å². The molecule has 21 heavy (non-hydrogen) atoms. The van der Waals surface area contributed by atoms with Gasteiger partial charge in [0.05, 0.1) is 11.1 Å². The van der Waals surface area contributed by atoms with Crippen LogP contribution in [0.1, 0.15) is 41.6 Å². The predicted molar refractivity (Wildman–Crippen MR) is 83.7 cm³/mol. The van der Waals surface area contributed by atoms with Crippen LogP contribution in [0.15, 0.2) is 22.7 Å². The summed E-state index contributed by atoms with van der Waals surface area (Å²) in [5, 5.41) is 3.48. The number of carbonyl (C=O) groups is 1. The van der Waals surface area contributed by atoms with Crippen LogP contribution >= 0.6 is 31.9 Å². The molecule has 1 aromatic rings. The molecule has 1 rings (SSSR count). The largest absolute Gasteiger partial charge is 0.417 e. The Morgan fingerprint density at radius 1 is 1.14 bits per heavy atom. The average molecular weight is 431 g/mol. The van der Waals surface area contributed by atoms with Crippen molar-refractivity contribution in [3.63, 3.8) is 0 Å². The minimum absolute atomic E-state index is 0.293. The molecular formula is C14H16Br2F3NO. The van der Waals surface area contributed by atoms with Crippen LogP contribution in [-0.4, -0.2) is 17.8 Å². The minimum Gasteiger partial charge on any atom is -0.352 e. The summed E-state index contributed by atoms with van der Waals surface area (Å²) in [6.45, 7) is 0.383. The van der Waals surface area contributed by atoms with Gasteiger partial charge in [-0.25, -0.2) is 0 Å². The molecule has 0 fully saturated rings. The number of nitrogens with one attached hydrogen (secondary N) is 1. The number of hydrogen-bond donors (Lipinski definition) is 1. The van der Waals surface area contributed by atoms with Crippen LogP contribution in [0, 0.1) is 0 Å². The minimum atomic E-state index is -4.55. The Bertz CT molecular complexity index is 478. The highest BCUT2D eigenvalue weighted by Gasteiger charge is 2.35. The fraction of sp³-hybridized carbons (Fsp3) is 0.500. The average Bonchev–Trinajstić information content (AvgIpc) is 2.41. The first kappa shape index (κ1) is 18.5. The highest BCUT2D eigenvalue weighted by atomic mass is 79.9. The first-order valence-electron chi connectivity index (χ1n) is 6.57. The van der Waals surface area contributed by atoms with Crippen molar-refractivity contribution in [1.29, 1.82) is 0 Å². The molecule has 118 valence electrons. The molecule has 0 saturated carbocycles. The number of rotatable bonds is 7. The molecule has 0 saturated heterocycles. The van der Waals surface area contributed by atoms with Gasteiger partial charge < -0.3 is 5.32 Å². The normalized spacial score (nSPS) is 11.5. The lowest BCUT2D eigenvalue weighted by Crippen LogP contribution is -2.27. The van der Waals surface area contributed by atoms with E-state index < -0.39 is 17.6 Å². The topological polar surface area (TPSA) is 29.1 Å². The fourth-order valence-electron chi connectivity index (χ4n) is 1.82. The van der Waals surface area contributed by atoms with E-state index >= 15 is 0 Å². The monoisotopic (exact) mass is 429 g/mol. The van der Waals surface area contributed by atoms with Gasteiger partial charge in [0.1, 0.15) is 0 Å². The number of alkyl halides is 4. The second-order valence-electron chi connectivity index (χ2n) is 4.55. The van der Waals surface area contributed by atoms with E-state index in [4.69, 9.17) is 0 Å². The van der Waals surface area contributed by atoms with Gasteiger partial charge in [0.15, 0.2) is 0 Å². The third-order valence-electron chi connectivity index (χ3n) is 2.88. The summed E-state index contributed by atoms with van der Waals surface area (Å²) < 4.78 is 39.0. The Labute approximate surface area is 138 Å². The fourth-order valence-corrected chi connectivity index (χ4v) is 2.58. The number of hydrogen-bond acceptors (Lipinski definition) is 1. The molecule has 1 N–H and O–H groups in total. The van der Waals surface area contributed by atoms with E-state index in [1.54, 1.807) is 0 Å². The van der Waals surface area contributed by atoms with Crippen molar-refractivity contribution >= 4 is 37.8 Å². The summed E-state index contributed by atoms with van der Waals surface area (Å²) in [4.78, 5) is 11.9. The molecule has 1 aromatic carbocycles. The number of benzene rings is 1. The third-order valence-corrected chi connectivity index (χ3v) is 3.93. The van der Waals surface area contributed by atoms with Crippen molar-refractivity contribution in [1.82, 2.24) is 5.32 Å². The lowest BCUT2D eigenvalue weighted by molar-refractivity contribution is -0.138. The molecule has 0 radical (unpaired) electrons. The summed E-state index contributed by atoms with van der Waals surface area (Å²) in [6, 6.07) is 3.54. The van der Waals surface area contributed by atoms with E-state index in [-0.39, 0.29) is 5.56 Å². The molecule has 0 atom stereocenters. The molecule has 7 heteroatoms. The molecule has 0 aliphatic heterocycles. The molecule has 0 aromatic heterocycles. The number of carbonyl (C=O) groups excluding carboxylic acids is 1. The Morgan fingerprint density at radius 2 is 1.81 bits per heavy atom. The highest BCUT2D eigenvalue weighted by molar-refractivity contribution is 9.10. The number of halogens is 5. The summed E-state index contributed by atoms with van der Waals surface area (Å²) in [7, 11) is 0. The molecule has 0 unspecified atom stereocenters. The van der Waals surface area contributed by atoms with E-state index in [0.717, 1.165) is 37.1 Å². The first-order chi connectivity index (χ1) is 9.86. The molecule has 0 aliphatic rings. The van der Waals surface area contributed by atoms with Gasteiger partial charge >= 0.3 is 6.18 Å². The Hall–Kier alpha value is -0.560. The maximum Gasteiger partial charge on any atom is 0.417 e. The summed E-state index contributed by atoms with van der Waals surface area (Å²) in [6.07, 6.45) is -0.757. The van der Waals surface area contributed by atoms with Gasteiger partial charge in [0.25, 0.3) is 5.91 Å². The zero-order chi connectivity index (χ0) is 15.9. The Morgan fingerprint density at radius 3 is 2.43 bits per heavy atom. The zero-order valence-corrected chi connectivity index (χ0v) is 14.4. The van der Waals surface area contributed by atoms with Crippen molar-refractivity contribution < 1.29 is 18.0 Å². The van der Waals surface area contributed by atoms with Crippen LogP contribution in [0.2, 0.25) is 0 Å². The zero-order valence-electron chi connectivity index (χ0n) is 11.3. The van der Waals surface area contributed by atoms with Gasteiger partial charge in [0.2, 0.25) is 0 Å². The smallest absolute Gasteiger partial charge is 0.352 e. The first-order valence-corrected chi connectivity index (χ1v) is 8.48. The molecule has 0 heterocycles. The molecule has 0 aliphatic carbocycles. The van der Waals surface area contributed by atoms with Gasteiger partial charge in [-0.15, -0.1) is 0 Å². The van der Waals surface area contributed by atoms with Gasteiger partial charge in [-0.1, -0.05) is 44.7 Å². The molecule has 1 amide bonds. The van der Waals surface area contributed by atoms with E-state index in [0.29, 0.717) is 11.0 Å². The van der Waals surface area contributed by atoms with Crippen LogP contribution in [0.4, 0.5) is 13.2 Å². The second-order valence-corrected chi connectivity index (χ2v) is 6.26. The van der Waals surface area contributed by atoms with Crippen molar-refractivity contribution in [2.45, 2.75) is 31.9 Å².